The van der Waals surface area contributed by atoms with Gasteiger partial charge in [0, 0.05) is 35.5 Å². The number of amides is 2. The van der Waals surface area contributed by atoms with Crippen LogP contribution in [-0.4, -0.2) is 65.1 Å². The largest absolute Gasteiger partial charge is 0.467 e. The van der Waals surface area contributed by atoms with Crippen molar-refractivity contribution in [2.75, 3.05) is 20.3 Å². The summed E-state index contributed by atoms with van der Waals surface area (Å²) in [5.41, 5.74) is 7.57. The number of nitrogens with zero attached hydrogens (tertiary/aromatic N) is 2. The first-order valence-corrected chi connectivity index (χ1v) is 15.1. The third-order valence-electron chi connectivity index (χ3n) is 9.47. The zero-order chi connectivity index (χ0) is 29.7. The van der Waals surface area contributed by atoms with Gasteiger partial charge in [-0.05, 0) is 53.1 Å². The number of esters is 1. The third kappa shape index (κ3) is 4.39. The lowest BCUT2D eigenvalue weighted by Gasteiger charge is -2.42. The number of hydrogen-bond acceptors (Lipinski definition) is 5. The number of hydrogen-bond donors (Lipinski definition) is 1. The monoisotopic (exact) mass is 577 g/mol. The Balaban J connectivity index is 1.14. The van der Waals surface area contributed by atoms with Crippen molar-refractivity contribution in [2.24, 2.45) is 0 Å². The first-order valence-electron chi connectivity index (χ1n) is 15.1. The second-order valence-corrected chi connectivity index (χ2v) is 11.6. The molecule has 7 rings (SSSR count). The fourth-order valence-corrected chi connectivity index (χ4v) is 7.51. The van der Waals surface area contributed by atoms with Gasteiger partial charge in [-0.3, -0.25) is 9.69 Å². The van der Waals surface area contributed by atoms with Gasteiger partial charge in [0.1, 0.15) is 18.7 Å². The number of H-pyrrole nitrogens is 1. The van der Waals surface area contributed by atoms with Gasteiger partial charge in [0.2, 0.25) is 5.91 Å². The van der Waals surface area contributed by atoms with E-state index < -0.39 is 24.1 Å². The number of aromatic nitrogens is 1. The van der Waals surface area contributed by atoms with Gasteiger partial charge < -0.3 is 19.4 Å². The van der Waals surface area contributed by atoms with Crippen LogP contribution < -0.4 is 0 Å². The Hall–Kier alpha value is -4.59. The first kappa shape index (κ1) is 27.3. The number of carbonyl (C=O) groups is 3. The number of nitrogens with one attached hydrogen (secondary N) is 1. The number of aromatic amines is 1. The molecule has 1 aromatic heterocycles. The molecule has 2 amide bonds. The molecule has 3 aromatic carbocycles. The Morgan fingerprint density at radius 1 is 0.907 bits per heavy atom. The highest BCUT2D eigenvalue weighted by atomic mass is 16.6. The Morgan fingerprint density at radius 2 is 1.58 bits per heavy atom. The predicted molar refractivity (Wildman–Crippen MR) is 162 cm³/mol. The van der Waals surface area contributed by atoms with Crippen molar-refractivity contribution < 1.29 is 23.9 Å². The molecular weight excluding hydrogens is 542 g/mol. The molecule has 0 unspecified atom stereocenters. The Bertz CT molecular complexity index is 1680. The SMILES string of the molecule is CC[C@H]1c2[nH]c3ccccc3c2C[C@@H](C(=O)OC)N1C(=O)[C@@H]1CCCN1C(=O)OCC1c2ccccc2-c2ccccc21. The molecule has 0 bridgehead atoms. The highest BCUT2D eigenvalue weighted by Crippen LogP contribution is 2.45. The molecule has 3 heterocycles. The van der Waals surface area contributed by atoms with Crippen LogP contribution in [0.2, 0.25) is 0 Å². The molecule has 0 spiro atoms. The van der Waals surface area contributed by atoms with Crippen LogP contribution in [0.1, 0.15) is 60.5 Å². The van der Waals surface area contributed by atoms with Crippen LogP contribution in [-0.2, 0) is 25.5 Å². The van der Waals surface area contributed by atoms with Gasteiger partial charge in [-0.2, -0.15) is 0 Å². The number of likely N-dealkylation sites (tertiary alicyclic amines) is 1. The predicted octanol–water partition coefficient (Wildman–Crippen LogP) is 5.96. The van der Waals surface area contributed by atoms with Gasteiger partial charge in [-0.1, -0.05) is 73.7 Å². The summed E-state index contributed by atoms with van der Waals surface area (Å²) < 4.78 is 11.2. The number of rotatable bonds is 5. The maximum absolute atomic E-state index is 14.4. The summed E-state index contributed by atoms with van der Waals surface area (Å²) in [6.45, 7) is 2.63. The molecule has 0 saturated carbocycles. The number of methoxy groups -OCH3 is 1. The zero-order valence-electron chi connectivity index (χ0n) is 24.4. The van der Waals surface area contributed by atoms with Crippen LogP contribution in [0.4, 0.5) is 4.79 Å². The van der Waals surface area contributed by atoms with E-state index in [9.17, 15) is 14.4 Å². The molecule has 8 heteroatoms. The minimum absolute atomic E-state index is 0.0659. The van der Waals surface area contributed by atoms with Crippen molar-refractivity contribution in [3.63, 3.8) is 0 Å². The fourth-order valence-electron chi connectivity index (χ4n) is 7.51. The van der Waals surface area contributed by atoms with E-state index in [1.165, 1.54) is 7.11 Å². The number of para-hydroxylation sites is 1. The lowest BCUT2D eigenvalue weighted by Crippen LogP contribution is -2.57. The van der Waals surface area contributed by atoms with E-state index in [1.54, 1.807) is 9.80 Å². The second kappa shape index (κ2) is 10.9. The van der Waals surface area contributed by atoms with E-state index in [0.29, 0.717) is 32.2 Å². The van der Waals surface area contributed by atoms with Crippen LogP contribution in [0, 0.1) is 0 Å². The zero-order valence-corrected chi connectivity index (χ0v) is 24.4. The third-order valence-corrected chi connectivity index (χ3v) is 9.47. The highest BCUT2D eigenvalue weighted by Gasteiger charge is 2.47. The normalized spacial score (nSPS) is 20.9. The average molecular weight is 578 g/mol. The van der Waals surface area contributed by atoms with E-state index in [2.05, 4.69) is 29.2 Å². The molecule has 43 heavy (non-hydrogen) atoms. The molecule has 3 atom stereocenters. The molecule has 1 N–H and O–H groups in total. The van der Waals surface area contributed by atoms with Crippen LogP contribution in [0.25, 0.3) is 22.0 Å². The molecule has 1 saturated heterocycles. The van der Waals surface area contributed by atoms with Crippen molar-refractivity contribution >= 4 is 28.9 Å². The summed E-state index contributed by atoms with van der Waals surface area (Å²) in [5.74, 6) is -0.755. The topological polar surface area (TPSA) is 91.9 Å². The van der Waals surface area contributed by atoms with Crippen LogP contribution in [0.15, 0.2) is 72.8 Å². The summed E-state index contributed by atoms with van der Waals surface area (Å²) in [6, 6.07) is 22.6. The quantitative estimate of drug-likeness (QED) is 0.296. The molecule has 220 valence electrons. The fraction of sp³-hybridized carbons (Fsp3) is 0.343. The van der Waals surface area contributed by atoms with E-state index in [1.807, 2.05) is 55.5 Å². The number of fused-ring (bicyclic) bond motifs is 6. The van der Waals surface area contributed by atoms with Crippen molar-refractivity contribution in [2.45, 2.75) is 56.7 Å². The van der Waals surface area contributed by atoms with Crippen molar-refractivity contribution in [3.05, 3.63) is 95.2 Å². The molecule has 1 aliphatic carbocycles. The number of carbonyl (C=O) groups excluding carboxylic acids is 3. The molecule has 4 aromatic rings. The smallest absolute Gasteiger partial charge is 0.410 e. The van der Waals surface area contributed by atoms with Gasteiger partial charge in [-0.15, -0.1) is 0 Å². The Morgan fingerprint density at radius 3 is 2.28 bits per heavy atom. The van der Waals surface area contributed by atoms with Crippen LogP contribution >= 0.6 is 0 Å². The van der Waals surface area contributed by atoms with Crippen molar-refractivity contribution in [3.8, 4) is 11.1 Å². The average Bonchev–Trinajstić information content (AvgIpc) is 3.76. The van der Waals surface area contributed by atoms with Gasteiger partial charge in [-0.25, -0.2) is 9.59 Å². The number of ether oxygens (including phenoxy) is 2. The van der Waals surface area contributed by atoms with Gasteiger partial charge in [0.25, 0.3) is 0 Å². The molecule has 3 aliphatic rings. The lowest BCUT2D eigenvalue weighted by atomic mass is 9.89. The minimum atomic E-state index is -0.779. The Labute approximate surface area is 250 Å². The minimum Gasteiger partial charge on any atom is -0.467 e. The molecule has 1 fully saturated rings. The first-order chi connectivity index (χ1) is 21.0. The maximum Gasteiger partial charge on any atom is 0.410 e. The van der Waals surface area contributed by atoms with E-state index >= 15 is 0 Å². The summed E-state index contributed by atoms with van der Waals surface area (Å²) in [5, 5.41) is 1.05. The van der Waals surface area contributed by atoms with E-state index in [4.69, 9.17) is 9.47 Å². The molecule has 0 radical (unpaired) electrons. The molecule has 8 nitrogen and oxygen atoms in total. The summed E-state index contributed by atoms with van der Waals surface area (Å²) in [7, 11) is 1.36. The second-order valence-electron chi connectivity index (χ2n) is 11.6. The van der Waals surface area contributed by atoms with Crippen LogP contribution in [0.3, 0.4) is 0 Å². The van der Waals surface area contributed by atoms with E-state index in [-0.39, 0.29) is 24.5 Å². The Kier molecular flexibility index (Phi) is 6.92. The van der Waals surface area contributed by atoms with Gasteiger partial charge in [0.15, 0.2) is 0 Å². The summed E-state index contributed by atoms with van der Waals surface area (Å²) in [4.78, 5) is 47.9. The summed E-state index contributed by atoms with van der Waals surface area (Å²) >= 11 is 0. The summed E-state index contributed by atoms with van der Waals surface area (Å²) in [6.07, 6.45) is 1.67. The van der Waals surface area contributed by atoms with Gasteiger partial charge >= 0.3 is 12.1 Å². The van der Waals surface area contributed by atoms with E-state index in [0.717, 1.165) is 44.4 Å². The van der Waals surface area contributed by atoms with Crippen molar-refractivity contribution in [1.82, 2.24) is 14.8 Å². The number of benzene rings is 3. The molecule has 2 aliphatic heterocycles. The lowest BCUT2D eigenvalue weighted by molar-refractivity contribution is -0.158. The van der Waals surface area contributed by atoms with Crippen molar-refractivity contribution in [1.29, 1.82) is 0 Å². The maximum atomic E-state index is 14.4. The van der Waals surface area contributed by atoms with Crippen LogP contribution in [0.5, 0.6) is 0 Å². The molecular formula is C35H35N3O5. The van der Waals surface area contributed by atoms with Gasteiger partial charge in [0.05, 0.1) is 13.2 Å². The standard InChI is InChI=1S/C35H35N3O5/c1-3-29-32-26(25-15-8-9-16-28(25)36-32)19-31(34(40)42-2)38(29)33(39)30-17-10-18-37(30)35(41)43-20-27-23-13-6-4-11-21(23)22-12-5-7-14-24(22)27/h4-9,11-16,27,29-31,36H,3,10,17-20H2,1-2H3/t29-,30-,31-/m0/s1. The highest BCUT2D eigenvalue weighted by molar-refractivity contribution is 5.93.